The molecule has 0 bridgehead atoms. The third-order valence-electron chi connectivity index (χ3n) is 7.29. The van der Waals surface area contributed by atoms with E-state index in [1.807, 2.05) is 0 Å². The first kappa shape index (κ1) is 48.5. The molecule has 316 valence electrons. The van der Waals surface area contributed by atoms with Gasteiger partial charge >= 0.3 is 11.9 Å². The van der Waals surface area contributed by atoms with Gasteiger partial charge in [-0.15, -0.1) is 0 Å². The van der Waals surface area contributed by atoms with Crippen LogP contribution in [0.4, 0.5) is 0 Å². The minimum absolute atomic E-state index is 0.0123. The van der Waals surface area contributed by atoms with Crippen molar-refractivity contribution in [2.45, 2.75) is 62.8 Å². The summed E-state index contributed by atoms with van der Waals surface area (Å²) >= 11 is 3.87. The molecule has 5 atom stereocenters. The molecule has 17 N–H and O–H groups in total. The Bertz CT molecular complexity index is 1610. The number of nitrogens with two attached hydrogens (primary N) is 2. The van der Waals surface area contributed by atoms with Crippen LogP contribution in [0.25, 0.3) is 0 Å². The Labute approximate surface area is 329 Å². The number of aliphatic carboxylic acids is 2. The lowest BCUT2D eigenvalue weighted by Crippen LogP contribution is -2.57. The fourth-order valence-corrected chi connectivity index (χ4v) is 4.45. The van der Waals surface area contributed by atoms with E-state index >= 15 is 0 Å². The molecule has 0 aliphatic heterocycles. The van der Waals surface area contributed by atoms with E-state index in [-0.39, 0.29) is 43.2 Å². The number of hydrogen-bond acceptors (Lipinski definition) is 14. The van der Waals surface area contributed by atoms with Crippen molar-refractivity contribution in [3.8, 4) is 0 Å². The first-order chi connectivity index (χ1) is 26.8. The molecule has 27 heteroatoms. The summed E-state index contributed by atoms with van der Waals surface area (Å²) in [6.07, 6.45) is 1.77. The van der Waals surface area contributed by atoms with E-state index in [4.69, 9.17) is 16.9 Å². The monoisotopic (exact) mass is 828 g/mol. The first-order valence-corrected chi connectivity index (χ1v) is 17.6. The van der Waals surface area contributed by atoms with Gasteiger partial charge in [-0.05, 0) is 19.8 Å². The summed E-state index contributed by atoms with van der Waals surface area (Å²) in [5.41, 5.74) is 10.9. The van der Waals surface area contributed by atoms with E-state index in [0.29, 0.717) is 0 Å². The topological polar surface area (TPSA) is 424 Å². The van der Waals surface area contributed by atoms with Crippen molar-refractivity contribution >= 4 is 77.8 Å². The summed E-state index contributed by atoms with van der Waals surface area (Å²) in [4.78, 5) is 129. The predicted octanol–water partition coefficient (Wildman–Crippen LogP) is -7.54. The fraction of sp³-hybridized carbons (Fsp3) is 0.533. The second-order valence-electron chi connectivity index (χ2n) is 12.0. The van der Waals surface area contributed by atoms with Crippen molar-refractivity contribution in [2.75, 3.05) is 38.5 Å². The summed E-state index contributed by atoms with van der Waals surface area (Å²) in [7, 11) is 0. The van der Waals surface area contributed by atoms with Crippen molar-refractivity contribution in [3.05, 3.63) is 18.2 Å². The second-order valence-corrected chi connectivity index (χ2v) is 12.4. The maximum atomic E-state index is 13.2. The number of carboxylic acids is 2. The number of carbonyl (C=O) groups is 10. The van der Waals surface area contributed by atoms with Crippen LogP contribution in [0.15, 0.2) is 12.5 Å². The molecular weight excluding hydrogens is 780 g/mol. The zero-order valence-corrected chi connectivity index (χ0v) is 31.5. The molecule has 8 amide bonds. The van der Waals surface area contributed by atoms with Gasteiger partial charge in [0.1, 0.15) is 24.2 Å². The zero-order chi connectivity index (χ0) is 43.1. The number of H-pyrrole nitrogens is 1. The average molecular weight is 829 g/mol. The minimum atomic E-state index is -1.86. The van der Waals surface area contributed by atoms with Crippen LogP contribution in [0.3, 0.4) is 0 Å². The van der Waals surface area contributed by atoms with Crippen LogP contribution < -0.4 is 59.3 Å². The molecular formula is C30H48N14O12S. The van der Waals surface area contributed by atoms with Crippen molar-refractivity contribution < 1.29 is 58.2 Å². The quantitative estimate of drug-likeness (QED) is 0.0178. The van der Waals surface area contributed by atoms with Crippen LogP contribution in [0.5, 0.6) is 0 Å². The van der Waals surface area contributed by atoms with E-state index in [2.05, 4.69) is 70.4 Å². The summed E-state index contributed by atoms with van der Waals surface area (Å²) in [6.45, 7) is -1.00. The van der Waals surface area contributed by atoms with E-state index in [1.165, 1.54) is 19.4 Å². The van der Waals surface area contributed by atoms with Crippen LogP contribution in [-0.4, -0.2) is 154 Å². The van der Waals surface area contributed by atoms with Crippen molar-refractivity contribution in [1.29, 1.82) is 5.41 Å². The van der Waals surface area contributed by atoms with E-state index < -0.39 is 122 Å². The van der Waals surface area contributed by atoms with Gasteiger partial charge in [0.25, 0.3) is 0 Å². The molecule has 5 unspecified atom stereocenters. The lowest BCUT2D eigenvalue weighted by Gasteiger charge is -2.23. The molecule has 0 aliphatic rings. The zero-order valence-electron chi connectivity index (χ0n) is 30.6. The van der Waals surface area contributed by atoms with Crippen LogP contribution >= 0.6 is 12.6 Å². The molecule has 0 saturated heterocycles. The van der Waals surface area contributed by atoms with Crippen LogP contribution in [0.2, 0.25) is 0 Å². The first-order valence-electron chi connectivity index (χ1n) is 17.0. The molecule has 1 aromatic heterocycles. The number of nitrogens with one attached hydrogen (secondary N) is 11. The van der Waals surface area contributed by atoms with Gasteiger partial charge in [-0.25, -0.2) is 14.6 Å². The van der Waals surface area contributed by atoms with Crippen molar-refractivity contribution in [3.63, 3.8) is 0 Å². The van der Waals surface area contributed by atoms with E-state index in [9.17, 15) is 58.2 Å². The Kier molecular flexibility index (Phi) is 21.7. The number of guanidine groups is 1. The molecule has 0 fully saturated rings. The third kappa shape index (κ3) is 20.7. The van der Waals surface area contributed by atoms with Gasteiger partial charge in [0.05, 0.1) is 50.7 Å². The molecule has 0 radical (unpaired) electrons. The van der Waals surface area contributed by atoms with Gasteiger partial charge in [-0.2, -0.15) is 12.6 Å². The molecule has 0 spiro atoms. The average Bonchev–Trinajstić information content (AvgIpc) is 3.67. The lowest BCUT2D eigenvalue weighted by molar-refractivity contribution is -0.144. The molecule has 1 aromatic rings. The standard InChI is InChI=1S/C30H48N14O12S/c1-14(41-23(48)10-37-22(47)9-39-26(51)16(31)12-57)25(50)43-18(5-15-7-34-13-40-15)27(52)44-19(29(55)56)6-20(45)36-8-21(46)38-11-24(49)42-17(28(53)54)3-2-4-35-30(32)33/h7,13-14,16-19,57H,2-6,8-12,31H2,1H3,(H,34,40)(H,36,45)(H,37,47)(H,38,46)(H,39,51)(H,41,48)(H,42,49)(H,43,50)(H,44,52)(H,53,54)(H,55,56)(H4,32,33,35). The van der Waals surface area contributed by atoms with Gasteiger partial charge < -0.3 is 74.5 Å². The fourth-order valence-electron chi connectivity index (χ4n) is 4.28. The summed E-state index contributed by atoms with van der Waals surface area (Å²) < 4.78 is 0. The SMILES string of the molecule is CC(NC(=O)CNC(=O)CNC(=O)C(N)CS)C(=O)NC(Cc1c[nH]cn1)C(=O)NC(CC(=O)NCC(=O)NCC(=O)NC(CCCNC(=N)N)C(=O)O)C(=O)O. The molecule has 57 heavy (non-hydrogen) atoms. The normalized spacial score (nSPS) is 13.1. The molecule has 1 rings (SSSR count). The van der Waals surface area contributed by atoms with Crippen LogP contribution in [-0.2, 0) is 54.4 Å². The summed E-state index contributed by atoms with van der Waals surface area (Å²) in [5, 5.41) is 46.4. The number of nitrogens with zero attached hydrogens (tertiary/aromatic N) is 1. The van der Waals surface area contributed by atoms with Gasteiger partial charge in [0.2, 0.25) is 47.3 Å². The molecule has 0 aromatic carbocycles. The van der Waals surface area contributed by atoms with E-state index in [0.717, 1.165) is 0 Å². The molecule has 0 aliphatic carbocycles. The van der Waals surface area contributed by atoms with Gasteiger partial charge in [-0.3, -0.25) is 43.8 Å². The van der Waals surface area contributed by atoms with Crippen molar-refractivity contribution in [1.82, 2.24) is 57.8 Å². The molecule has 26 nitrogen and oxygen atoms in total. The maximum Gasteiger partial charge on any atom is 0.326 e. The number of aromatic nitrogens is 2. The molecule has 1 heterocycles. The lowest BCUT2D eigenvalue weighted by atomic mass is 10.1. The number of aromatic amines is 1. The maximum absolute atomic E-state index is 13.2. The highest BCUT2D eigenvalue weighted by Gasteiger charge is 2.30. The van der Waals surface area contributed by atoms with Gasteiger partial charge in [0, 0.05) is 24.9 Å². The highest BCUT2D eigenvalue weighted by molar-refractivity contribution is 7.80. The number of rotatable bonds is 26. The Hall–Kier alpha value is -6.51. The predicted molar refractivity (Wildman–Crippen MR) is 199 cm³/mol. The van der Waals surface area contributed by atoms with Gasteiger partial charge in [-0.1, -0.05) is 0 Å². The number of hydrogen-bond donors (Lipinski definition) is 16. The second kappa shape index (κ2) is 25.5. The smallest absolute Gasteiger partial charge is 0.326 e. The summed E-state index contributed by atoms with van der Waals surface area (Å²) in [6, 6.07) is -6.86. The Balaban J connectivity index is 2.70. The summed E-state index contributed by atoms with van der Waals surface area (Å²) in [5.74, 6) is -10.2. The Morgan fingerprint density at radius 2 is 1.28 bits per heavy atom. The number of imidazole rings is 1. The number of carboxylic acid groups (broad SMARTS) is 2. The number of carbonyl (C=O) groups excluding carboxylic acids is 8. The highest BCUT2D eigenvalue weighted by Crippen LogP contribution is 2.03. The Morgan fingerprint density at radius 3 is 1.82 bits per heavy atom. The van der Waals surface area contributed by atoms with Gasteiger partial charge in [0.15, 0.2) is 5.96 Å². The number of thiol groups is 1. The van der Waals surface area contributed by atoms with Crippen molar-refractivity contribution in [2.24, 2.45) is 11.5 Å². The third-order valence-corrected chi connectivity index (χ3v) is 7.68. The number of amides is 8. The minimum Gasteiger partial charge on any atom is -0.480 e. The largest absolute Gasteiger partial charge is 0.480 e. The Morgan fingerprint density at radius 1 is 0.737 bits per heavy atom. The van der Waals surface area contributed by atoms with E-state index in [1.54, 1.807) is 0 Å². The highest BCUT2D eigenvalue weighted by atomic mass is 32.1. The van der Waals surface area contributed by atoms with Crippen LogP contribution in [0.1, 0.15) is 31.9 Å². The molecule has 0 saturated carbocycles. The van der Waals surface area contributed by atoms with Crippen LogP contribution in [0, 0.1) is 5.41 Å².